The van der Waals surface area contributed by atoms with E-state index in [-0.39, 0.29) is 23.7 Å². The van der Waals surface area contributed by atoms with Crippen LogP contribution in [0.4, 0.5) is 5.00 Å². The molecule has 1 aromatic heterocycles. The number of nitro groups is 1. The van der Waals surface area contributed by atoms with Gasteiger partial charge in [-0.2, -0.15) is 5.10 Å². The highest BCUT2D eigenvalue weighted by Crippen LogP contribution is 2.22. The molecule has 130 valence electrons. The van der Waals surface area contributed by atoms with E-state index in [0.29, 0.717) is 11.4 Å². The van der Waals surface area contributed by atoms with Gasteiger partial charge >= 0.3 is 5.00 Å². The van der Waals surface area contributed by atoms with E-state index in [1.54, 1.807) is 0 Å². The number of carbonyl (C=O) groups excluding carboxylic acids is 2. The molecule has 0 aliphatic rings. The summed E-state index contributed by atoms with van der Waals surface area (Å²) in [7, 11) is 0. The van der Waals surface area contributed by atoms with Crippen molar-refractivity contribution in [1.29, 1.82) is 0 Å². The molecule has 0 aliphatic carbocycles. The second-order valence-corrected chi connectivity index (χ2v) is 6.08. The maximum absolute atomic E-state index is 11.7. The molecule has 0 radical (unpaired) electrons. The van der Waals surface area contributed by atoms with Gasteiger partial charge in [0, 0.05) is 25.5 Å². The molecule has 0 aliphatic heterocycles. The summed E-state index contributed by atoms with van der Waals surface area (Å²) in [6, 6.07) is 12.4. The zero-order chi connectivity index (χ0) is 18.1. The summed E-state index contributed by atoms with van der Waals surface area (Å²) >= 11 is 0.952. The number of thiophene rings is 1. The van der Waals surface area contributed by atoms with E-state index in [1.165, 1.54) is 18.3 Å². The van der Waals surface area contributed by atoms with E-state index in [4.69, 9.17) is 0 Å². The topological polar surface area (TPSA) is 114 Å². The van der Waals surface area contributed by atoms with Gasteiger partial charge in [-0.05, 0) is 11.6 Å². The van der Waals surface area contributed by atoms with Crippen LogP contribution in [0.25, 0.3) is 0 Å². The van der Waals surface area contributed by atoms with E-state index in [9.17, 15) is 19.7 Å². The summed E-state index contributed by atoms with van der Waals surface area (Å²) in [6.07, 6.45) is 1.38. The van der Waals surface area contributed by atoms with Crippen LogP contribution in [0.15, 0.2) is 47.6 Å². The molecule has 0 spiro atoms. The standard InChI is InChI=1S/C16H16N4O4S/c21-14(17-10-12-4-2-1-3-5-12)7-8-15(22)19-18-11-13-6-9-16(25-13)20(23)24/h1-6,9,11H,7-8,10H2,(H,17,21)(H,19,22)/b18-11+. The van der Waals surface area contributed by atoms with Gasteiger partial charge in [-0.1, -0.05) is 41.7 Å². The number of carbonyl (C=O) groups is 2. The van der Waals surface area contributed by atoms with Crippen LogP contribution in [0, 0.1) is 10.1 Å². The van der Waals surface area contributed by atoms with Crippen molar-refractivity contribution >= 4 is 34.4 Å². The Balaban J connectivity index is 1.66. The Bertz CT molecular complexity index is 773. The first kappa shape index (κ1) is 18.3. The average Bonchev–Trinajstić information content (AvgIpc) is 3.08. The molecule has 0 saturated heterocycles. The largest absolute Gasteiger partial charge is 0.352 e. The van der Waals surface area contributed by atoms with Gasteiger partial charge in [0.25, 0.3) is 0 Å². The fourth-order valence-corrected chi connectivity index (χ4v) is 2.54. The Morgan fingerprint density at radius 3 is 2.52 bits per heavy atom. The van der Waals surface area contributed by atoms with Crippen molar-refractivity contribution in [2.24, 2.45) is 5.10 Å². The fraction of sp³-hybridized carbons (Fsp3) is 0.188. The average molecular weight is 360 g/mol. The number of benzene rings is 1. The molecule has 25 heavy (non-hydrogen) atoms. The highest BCUT2D eigenvalue weighted by molar-refractivity contribution is 7.16. The van der Waals surface area contributed by atoms with Crippen LogP contribution in [-0.4, -0.2) is 23.0 Å². The minimum Gasteiger partial charge on any atom is -0.352 e. The third-order valence-electron chi connectivity index (χ3n) is 3.09. The smallest absolute Gasteiger partial charge is 0.324 e. The van der Waals surface area contributed by atoms with Crippen molar-refractivity contribution in [3.8, 4) is 0 Å². The van der Waals surface area contributed by atoms with Crippen molar-refractivity contribution in [3.63, 3.8) is 0 Å². The highest BCUT2D eigenvalue weighted by Gasteiger charge is 2.09. The SMILES string of the molecule is O=C(CCC(=O)N/N=C/c1ccc([N+](=O)[O-])s1)NCc1ccccc1. The number of amides is 2. The number of nitrogens with zero attached hydrogens (tertiary/aromatic N) is 2. The fourth-order valence-electron chi connectivity index (χ4n) is 1.85. The Labute approximate surface area is 147 Å². The molecule has 0 fully saturated rings. The predicted octanol–water partition coefficient (Wildman–Crippen LogP) is 2.20. The highest BCUT2D eigenvalue weighted by atomic mass is 32.1. The molecule has 2 aromatic rings. The molecular weight excluding hydrogens is 344 g/mol. The third kappa shape index (κ3) is 6.51. The monoisotopic (exact) mass is 360 g/mol. The first-order valence-electron chi connectivity index (χ1n) is 7.41. The lowest BCUT2D eigenvalue weighted by atomic mass is 10.2. The second-order valence-electron chi connectivity index (χ2n) is 4.99. The number of nitrogens with one attached hydrogen (secondary N) is 2. The molecule has 0 saturated carbocycles. The summed E-state index contributed by atoms with van der Waals surface area (Å²) in [5, 5.41) is 17.0. The van der Waals surface area contributed by atoms with Crippen LogP contribution >= 0.6 is 11.3 Å². The Morgan fingerprint density at radius 2 is 1.84 bits per heavy atom. The van der Waals surface area contributed by atoms with Crippen LogP contribution in [0.5, 0.6) is 0 Å². The summed E-state index contributed by atoms with van der Waals surface area (Å²) in [5.41, 5.74) is 3.27. The molecule has 0 unspecified atom stereocenters. The van der Waals surface area contributed by atoms with E-state index in [0.717, 1.165) is 16.9 Å². The molecule has 0 atom stereocenters. The van der Waals surface area contributed by atoms with Gasteiger partial charge in [0.1, 0.15) is 0 Å². The van der Waals surface area contributed by atoms with Gasteiger partial charge < -0.3 is 5.32 Å². The Morgan fingerprint density at radius 1 is 1.12 bits per heavy atom. The number of hydrogen-bond donors (Lipinski definition) is 2. The minimum absolute atomic E-state index is 0.00253. The molecule has 1 heterocycles. The van der Waals surface area contributed by atoms with Crippen LogP contribution in [0.3, 0.4) is 0 Å². The molecule has 0 bridgehead atoms. The molecule has 2 N–H and O–H groups in total. The van der Waals surface area contributed by atoms with Gasteiger partial charge in [-0.25, -0.2) is 5.43 Å². The summed E-state index contributed by atoms with van der Waals surface area (Å²) in [6.45, 7) is 0.413. The van der Waals surface area contributed by atoms with E-state index < -0.39 is 10.8 Å². The quantitative estimate of drug-likeness (QED) is 0.427. The molecular formula is C16H16N4O4S. The molecule has 8 nitrogen and oxygen atoms in total. The van der Waals surface area contributed by atoms with Gasteiger partial charge in [0.15, 0.2) is 0 Å². The maximum atomic E-state index is 11.7. The van der Waals surface area contributed by atoms with Gasteiger partial charge in [0.2, 0.25) is 11.8 Å². The lowest BCUT2D eigenvalue weighted by molar-refractivity contribution is -0.380. The molecule has 2 amide bonds. The summed E-state index contributed by atoms with van der Waals surface area (Å²) in [4.78, 5) is 33.9. The van der Waals surface area contributed by atoms with E-state index in [1.807, 2.05) is 30.3 Å². The number of hydrogen-bond acceptors (Lipinski definition) is 6. The molecule has 2 rings (SSSR count). The van der Waals surface area contributed by atoms with Gasteiger partial charge in [0.05, 0.1) is 16.0 Å². The van der Waals surface area contributed by atoms with Crippen molar-refractivity contribution in [1.82, 2.24) is 10.7 Å². The molecule has 9 heteroatoms. The van der Waals surface area contributed by atoms with Crippen LogP contribution in [0.2, 0.25) is 0 Å². The van der Waals surface area contributed by atoms with Crippen molar-refractivity contribution < 1.29 is 14.5 Å². The van der Waals surface area contributed by atoms with Crippen molar-refractivity contribution in [2.45, 2.75) is 19.4 Å². The molecule has 1 aromatic carbocycles. The Hall–Kier alpha value is -3.07. The van der Waals surface area contributed by atoms with Crippen LogP contribution in [0.1, 0.15) is 23.3 Å². The zero-order valence-corrected chi connectivity index (χ0v) is 14.0. The summed E-state index contributed by atoms with van der Waals surface area (Å²) < 4.78 is 0. The lowest BCUT2D eigenvalue weighted by Crippen LogP contribution is -2.25. The Kier molecular flexibility index (Phi) is 6.78. The van der Waals surface area contributed by atoms with E-state index >= 15 is 0 Å². The predicted molar refractivity (Wildman–Crippen MR) is 94.2 cm³/mol. The van der Waals surface area contributed by atoms with Crippen molar-refractivity contribution in [3.05, 3.63) is 63.0 Å². The van der Waals surface area contributed by atoms with Crippen LogP contribution < -0.4 is 10.7 Å². The van der Waals surface area contributed by atoms with Gasteiger partial charge in [-0.3, -0.25) is 19.7 Å². The van der Waals surface area contributed by atoms with Crippen LogP contribution in [-0.2, 0) is 16.1 Å². The minimum atomic E-state index is -0.491. The first-order chi connectivity index (χ1) is 12.0. The zero-order valence-electron chi connectivity index (χ0n) is 13.2. The lowest BCUT2D eigenvalue weighted by Gasteiger charge is -2.04. The normalized spacial score (nSPS) is 10.6. The van der Waals surface area contributed by atoms with Gasteiger partial charge in [-0.15, -0.1) is 0 Å². The number of rotatable bonds is 8. The number of hydrazone groups is 1. The van der Waals surface area contributed by atoms with E-state index in [2.05, 4.69) is 15.8 Å². The maximum Gasteiger partial charge on any atom is 0.324 e. The second kappa shape index (κ2) is 9.28. The third-order valence-corrected chi connectivity index (χ3v) is 4.06. The summed E-state index contributed by atoms with van der Waals surface area (Å²) in [5.74, 6) is -0.631. The first-order valence-corrected chi connectivity index (χ1v) is 8.23. The van der Waals surface area contributed by atoms with Crippen molar-refractivity contribution in [2.75, 3.05) is 0 Å².